The molecule has 112 valence electrons. The van der Waals surface area contributed by atoms with Crippen molar-refractivity contribution in [2.45, 2.75) is 45.7 Å². The van der Waals surface area contributed by atoms with E-state index in [1.165, 1.54) is 19.4 Å². The molecule has 0 aromatic rings. The van der Waals surface area contributed by atoms with Gasteiger partial charge in [-0.15, -0.1) is 24.0 Å². The Morgan fingerprint density at radius 3 is 2.47 bits per heavy atom. The van der Waals surface area contributed by atoms with Gasteiger partial charge in [0.1, 0.15) is 0 Å². The SMILES string of the molecule is CN=C(NCC1CC1)NC1CN(C(C)C)CC1C.I. The molecule has 0 aromatic heterocycles. The normalized spacial score (nSPS) is 28.4. The lowest BCUT2D eigenvalue weighted by Gasteiger charge is -2.21. The zero-order valence-electron chi connectivity index (χ0n) is 12.6. The van der Waals surface area contributed by atoms with Crippen LogP contribution in [0.3, 0.4) is 0 Å². The van der Waals surface area contributed by atoms with Crippen molar-refractivity contribution in [3.8, 4) is 0 Å². The van der Waals surface area contributed by atoms with Crippen LogP contribution in [0.15, 0.2) is 4.99 Å². The van der Waals surface area contributed by atoms with E-state index in [9.17, 15) is 0 Å². The van der Waals surface area contributed by atoms with Crippen molar-refractivity contribution in [1.82, 2.24) is 15.5 Å². The molecule has 2 N–H and O–H groups in total. The predicted molar refractivity (Wildman–Crippen MR) is 92.3 cm³/mol. The smallest absolute Gasteiger partial charge is 0.191 e. The molecular formula is C14H29IN4. The maximum atomic E-state index is 4.33. The van der Waals surface area contributed by atoms with Gasteiger partial charge in [0.15, 0.2) is 5.96 Å². The summed E-state index contributed by atoms with van der Waals surface area (Å²) >= 11 is 0. The van der Waals surface area contributed by atoms with Crippen molar-refractivity contribution in [3.05, 3.63) is 0 Å². The van der Waals surface area contributed by atoms with E-state index in [4.69, 9.17) is 0 Å². The van der Waals surface area contributed by atoms with Crippen LogP contribution in [0, 0.1) is 11.8 Å². The van der Waals surface area contributed by atoms with Crippen molar-refractivity contribution < 1.29 is 0 Å². The molecule has 5 heteroatoms. The monoisotopic (exact) mass is 380 g/mol. The van der Waals surface area contributed by atoms with E-state index in [-0.39, 0.29) is 24.0 Å². The summed E-state index contributed by atoms with van der Waals surface area (Å²) in [6, 6.07) is 1.17. The second-order valence-corrected chi connectivity index (χ2v) is 6.17. The molecule has 0 aromatic carbocycles. The molecule has 2 aliphatic rings. The van der Waals surface area contributed by atoms with Crippen molar-refractivity contribution in [2.24, 2.45) is 16.8 Å². The number of hydrogen-bond acceptors (Lipinski definition) is 2. The zero-order valence-corrected chi connectivity index (χ0v) is 15.0. The lowest BCUT2D eigenvalue weighted by atomic mass is 10.1. The highest BCUT2D eigenvalue weighted by molar-refractivity contribution is 14.0. The van der Waals surface area contributed by atoms with Crippen LogP contribution in [-0.4, -0.2) is 49.6 Å². The molecule has 2 rings (SSSR count). The summed E-state index contributed by atoms with van der Waals surface area (Å²) in [5.74, 6) is 2.55. The van der Waals surface area contributed by atoms with Crippen molar-refractivity contribution in [3.63, 3.8) is 0 Å². The third kappa shape index (κ3) is 5.10. The molecule has 2 fully saturated rings. The van der Waals surface area contributed by atoms with Crippen molar-refractivity contribution >= 4 is 29.9 Å². The molecule has 4 nitrogen and oxygen atoms in total. The van der Waals surface area contributed by atoms with Crippen LogP contribution in [0.4, 0.5) is 0 Å². The second-order valence-electron chi connectivity index (χ2n) is 6.17. The van der Waals surface area contributed by atoms with Gasteiger partial charge in [0.25, 0.3) is 0 Å². The van der Waals surface area contributed by atoms with E-state index in [2.05, 4.69) is 41.3 Å². The number of aliphatic imine (C=N–C) groups is 1. The van der Waals surface area contributed by atoms with Gasteiger partial charge in [-0.1, -0.05) is 6.92 Å². The van der Waals surface area contributed by atoms with Crippen molar-refractivity contribution in [1.29, 1.82) is 0 Å². The third-order valence-electron chi connectivity index (χ3n) is 4.17. The highest BCUT2D eigenvalue weighted by Crippen LogP contribution is 2.27. The Morgan fingerprint density at radius 1 is 1.32 bits per heavy atom. The predicted octanol–water partition coefficient (Wildman–Crippen LogP) is 1.91. The second kappa shape index (κ2) is 7.67. The van der Waals surface area contributed by atoms with Gasteiger partial charge in [0.05, 0.1) is 0 Å². The Labute approximate surface area is 134 Å². The standard InChI is InChI=1S/C14H28N4.HI/c1-10(2)18-8-11(3)13(9-18)17-14(15-4)16-7-12-5-6-12;/h10-13H,5-9H2,1-4H3,(H2,15,16,17);1H. The van der Waals surface area contributed by atoms with Crippen LogP contribution >= 0.6 is 24.0 Å². The van der Waals surface area contributed by atoms with Crippen LogP contribution in [0.1, 0.15) is 33.6 Å². The maximum Gasteiger partial charge on any atom is 0.191 e. The number of nitrogens with one attached hydrogen (secondary N) is 2. The molecular weight excluding hydrogens is 351 g/mol. The van der Waals surface area contributed by atoms with Gasteiger partial charge < -0.3 is 10.6 Å². The van der Waals surface area contributed by atoms with Gasteiger partial charge in [0.2, 0.25) is 0 Å². The van der Waals surface area contributed by atoms with E-state index in [0.717, 1.165) is 25.0 Å². The number of halogens is 1. The van der Waals surface area contributed by atoms with E-state index < -0.39 is 0 Å². The molecule has 0 spiro atoms. The number of guanidine groups is 1. The van der Waals surface area contributed by atoms with Gasteiger partial charge in [-0.3, -0.25) is 9.89 Å². The fraction of sp³-hybridized carbons (Fsp3) is 0.929. The number of likely N-dealkylation sites (tertiary alicyclic amines) is 1. The molecule has 1 saturated heterocycles. The van der Waals surface area contributed by atoms with Crippen LogP contribution < -0.4 is 10.6 Å². The van der Waals surface area contributed by atoms with Gasteiger partial charge in [-0.05, 0) is 38.5 Å². The quantitative estimate of drug-likeness (QED) is 0.445. The molecule has 0 radical (unpaired) electrons. The third-order valence-corrected chi connectivity index (χ3v) is 4.17. The summed E-state index contributed by atoms with van der Waals surface area (Å²) in [4.78, 5) is 6.87. The van der Waals surface area contributed by atoms with E-state index in [0.29, 0.717) is 18.0 Å². The van der Waals surface area contributed by atoms with E-state index in [1.807, 2.05) is 7.05 Å². The summed E-state index contributed by atoms with van der Waals surface area (Å²) in [6.45, 7) is 10.3. The Bertz CT molecular complexity index is 302. The Hall–Kier alpha value is -0.0400. The number of rotatable bonds is 4. The van der Waals surface area contributed by atoms with Crippen LogP contribution in [-0.2, 0) is 0 Å². The summed E-state index contributed by atoms with van der Waals surface area (Å²) < 4.78 is 0. The van der Waals surface area contributed by atoms with E-state index in [1.54, 1.807) is 0 Å². The zero-order chi connectivity index (χ0) is 13.1. The molecule has 1 aliphatic heterocycles. The number of hydrogen-bond donors (Lipinski definition) is 2. The molecule has 1 saturated carbocycles. The highest BCUT2D eigenvalue weighted by atomic mass is 127. The highest BCUT2D eigenvalue weighted by Gasteiger charge is 2.31. The first-order valence-corrected chi connectivity index (χ1v) is 7.31. The van der Waals surface area contributed by atoms with Gasteiger partial charge in [-0.25, -0.2) is 0 Å². The molecule has 1 aliphatic carbocycles. The van der Waals surface area contributed by atoms with Crippen LogP contribution in [0.5, 0.6) is 0 Å². The summed E-state index contributed by atoms with van der Waals surface area (Å²) in [6.07, 6.45) is 2.76. The van der Waals surface area contributed by atoms with Crippen molar-refractivity contribution in [2.75, 3.05) is 26.7 Å². The molecule has 1 heterocycles. The summed E-state index contributed by atoms with van der Waals surface area (Å²) in [5, 5.41) is 7.02. The van der Waals surface area contributed by atoms with Gasteiger partial charge in [0, 0.05) is 38.8 Å². The first-order chi connectivity index (χ1) is 8.60. The largest absolute Gasteiger partial charge is 0.356 e. The Morgan fingerprint density at radius 2 is 2.00 bits per heavy atom. The van der Waals surface area contributed by atoms with Gasteiger partial charge >= 0.3 is 0 Å². The molecule has 2 unspecified atom stereocenters. The van der Waals surface area contributed by atoms with Crippen LogP contribution in [0.2, 0.25) is 0 Å². The lowest BCUT2D eigenvalue weighted by Crippen LogP contribution is -2.47. The van der Waals surface area contributed by atoms with Gasteiger partial charge in [-0.2, -0.15) is 0 Å². The topological polar surface area (TPSA) is 39.7 Å². The molecule has 0 amide bonds. The first kappa shape index (κ1) is 17.0. The molecule has 0 bridgehead atoms. The number of nitrogens with zero attached hydrogens (tertiary/aromatic N) is 2. The van der Waals surface area contributed by atoms with Crippen LogP contribution in [0.25, 0.3) is 0 Å². The Balaban J connectivity index is 0.00000180. The fourth-order valence-corrected chi connectivity index (χ4v) is 2.55. The Kier molecular flexibility index (Phi) is 6.86. The summed E-state index contributed by atoms with van der Waals surface area (Å²) in [7, 11) is 1.86. The minimum Gasteiger partial charge on any atom is -0.356 e. The fourth-order valence-electron chi connectivity index (χ4n) is 2.55. The molecule has 2 atom stereocenters. The average Bonchev–Trinajstić information content (AvgIpc) is 3.09. The maximum absolute atomic E-state index is 4.33. The lowest BCUT2D eigenvalue weighted by molar-refractivity contribution is 0.265. The van der Waals surface area contributed by atoms with E-state index >= 15 is 0 Å². The average molecular weight is 380 g/mol. The minimum atomic E-state index is 0. The first-order valence-electron chi connectivity index (χ1n) is 7.31. The molecule has 19 heavy (non-hydrogen) atoms. The summed E-state index contributed by atoms with van der Waals surface area (Å²) in [5.41, 5.74) is 0. The minimum absolute atomic E-state index is 0.